The number of fused-ring (bicyclic) bond motifs is 8. The number of anilines is 3. The van der Waals surface area contributed by atoms with Crippen molar-refractivity contribution in [2.75, 3.05) is 4.90 Å². The Labute approximate surface area is 353 Å². The summed E-state index contributed by atoms with van der Waals surface area (Å²) in [4.78, 5) is 2.38. The van der Waals surface area contributed by atoms with E-state index in [2.05, 4.69) is 217 Å². The van der Waals surface area contributed by atoms with Crippen LogP contribution in [0.2, 0.25) is 0 Å². The van der Waals surface area contributed by atoms with E-state index in [4.69, 9.17) is 8.83 Å². The van der Waals surface area contributed by atoms with E-state index in [1.165, 1.54) is 16.7 Å². The molecule has 12 rings (SSSR count). The average molecular weight is 780 g/mol. The minimum absolute atomic E-state index is 0.873. The lowest BCUT2D eigenvalue weighted by Crippen LogP contribution is -2.11. The van der Waals surface area contributed by atoms with Crippen LogP contribution in [0.3, 0.4) is 0 Å². The number of rotatable bonds is 7. The van der Waals surface area contributed by atoms with E-state index in [-0.39, 0.29) is 0 Å². The lowest BCUT2D eigenvalue weighted by molar-refractivity contribution is 0.669. The summed E-state index contributed by atoms with van der Waals surface area (Å²) in [5, 5.41) is 6.76. The van der Waals surface area contributed by atoms with E-state index in [0.717, 1.165) is 99.5 Å². The van der Waals surface area contributed by atoms with Crippen LogP contribution in [0.5, 0.6) is 0 Å². The molecule has 10 aromatic carbocycles. The molecule has 286 valence electrons. The summed E-state index contributed by atoms with van der Waals surface area (Å²) in [6.07, 6.45) is 0. The number of furan rings is 2. The monoisotopic (exact) mass is 779 g/mol. The second kappa shape index (κ2) is 14.3. The van der Waals surface area contributed by atoms with E-state index in [9.17, 15) is 0 Å². The van der Waals surface area contributed by atoms with Gasteiger partial charge in [0.05, 0.1) is 5.69 Å². The van der Waals surface area contributed by atoms with Crippen molar-refractivity contribution in [1.29, 1.82) is 0 Å². The van der Waals surface area contributed by atoms with Gasteiger partial charge in [0.1, 0.15) is 22.3 Å². The minimum atomic E-state index is 0.873. The van der Waals surface area contributed by atoms with Gasteiger partial charge >= 0.3 is 0 Å². The van der Waals surface area contributed by atoms with Gasteiger partial charge in [-0.05, 0) is 105 Å². The molecule has 2 heterocycles. The number of nitrogens with zero attached hydrogens (tertiary/aromatic N) is 1. The Hall–Kier alpha value is -8.14. The number of hydrogen-bond donors (Lipinski definition) is 0. The van der Waals surface area contributed by atoms with Gasteiger partial charge in [0, 0.05) is 43.9 Å². The fourth-order valence-corrected chi connectivity index (χ4v) is 9.22. The topological polar surface area (TPSA) is 29.5 Å². The molecule has 0 unspecified atom stereocenters. The molecule has 0 spiro atoms. The van der Waals surface area contributed by atoms with Crippen LogP contribution in [0, 0.1) is 0 Å². The molecule has 0 radical (unpaired) electrons. The Morgan fingerprint density at radius 3 is 1.62 bits per heavy atom. The molecule has 0 fully saturated rings. The van der Waals surface area contributed by atoms with Crippen LogP contribution in [0.4, 0.5) is 17.1 Å². The summed E-state index contributed by atoms with van der Waals surface area (Å²) in [6, 6.07) is 79.9. The normalized spacial score (nSPS) is 11.6. The number of hydrogen-bond acceptors (Lipinski definition) is 3. The van der Waals surface area contributed by atoms with Crippen molar-refractivity contribution in [2.45, 2.75) is 0 Å². The molecule has 0 amide bonds. The highest BCUT2D eigenvalue weighted by molar-refractivity contribution is 6.20. The third kappa shape index (κ3) is 5.90. The molecule has 0 aliphatic carbocycles. The van der Waals surface area contributed by atoms with E-state index in [1.54, 1.807) is 0 Å². The van der Waals surface area contributed by atoms with Crippen LogP contribution in [0.1, 0.15) is 0 Å². The van der Waals surface area contributed by atoms with Gasteiger partial charge in [-0.2, -0.15) is 0 Å². The van der Waals surface area contributed by atoms with Gasteiger partial charge in [-0.15, -0.1) is 0 Å². The van der Waals surface area contributed by atoms with Crippen LogP contribution in [-0.2, 0) is 0 Å². The second-order valence-electron chi connectivity index (χ2n) is 15.6. The van der Waals surface area contributed by atoms with Crippen LogP contribution in [0.25, 0.3) is 99.2 Å². The first-order valence-electron chi connectivity index (χ1n) is 20.7. The summed E-state index contributed by atoms with van der Waals surface area (Å²) < 4.78 is 13.0. The van der Waals surface area contributed by atoms with Gasteiger partial charge in [0.15, 0.2) is 0 Å². The van der Waals surface area contributed by atoms with E-state index >= 15 is 0 Å². The van der Waals surface area contributed by atoms with Gasteiger partial charge in [-0.25, -0.2) is 0 Å². The van der Waals surface area contributed by atoms with Crippen molar-refractivity contribution >= 4 is 71.7 Å². The molecular formula is C58H37NO2. The molecule has 0 atom stereocenters. The zero-order valence-corrected chi connectivity index (χ0v) is 33.1. The predicted octanol–water partition coefficient (Wildman–Crippen LogP) is 16.8. The van der Waals surface area contributed by atoms with Crippen molar-refractivity contribution in [3.05, 3.63) is 224 Å². The highest BCUT2D eigenvalue weighted by atomic mass is 16.3. The average Bonchev–Trinajstić information content (AvgIpc) is 3.92. The fraction of sp³-hybridized carbons (Fsp3) is 0. The molecule has 0 saturated heterocycles. The Bertz CT molecular complexity index is 3580. The van der Waals surface area contributed by atoms with Gasteiger partial charge in [-0.3, -0.25) is 0 Å². The zero-order valence-electron chi connectivity index (χ0n) is 33.1. The van der Waals surface area contributed by atoms with Crippen LogP contribution in [-0.4, -0.2) is 0 Å². The van der Waals surface area contributed by atoms with Crippen LogP contribution < -0.4 is 4.90 Å². The summed E-state index contributed by atoms with van der Waals surface area (Å²) in [5.41, 5.74) is 16.0. The standard InChI is InChI=1S/C58H37NO2/c1-2-13-38(14-3-1)42-16-10-17-43(37-42)39-27-32-44(33-28-39)59(45-34-29-41(30-35-45)46-21-11-25-54-56(46)50-20-7-9-24-53(50)60-54)52-23-8-6-19-48(52)49-22-12-26-55-57(49)51-36-31-40-15-4-5-18-47(40)58(51)61-55/h1-37H. The van der Waals surface area contributed by atoms with Gasteiger partial charge < -0.3 is 13.7 Å². The van der Waals surface area contributed by atoms with E-state index in [1.807, 2.05) is 12.1 Å². The fourth-order valence-electron chi connectivity index (χ4n) is 9.22. The Morgan fingerprint density at radius 2 is 0.836 bits per heavy atom. The van der Waals surface area contributed by atoms with Gasteiger partial charge in [-0.1, -0.05) is 164 Å². The van der Waals surface area contributed by atoms with Crippen LogP contribution in [0.15, 0.2) is 233 Å². The molecular weight excluding hydrogens is 743 g/mol. The lowest BCUT2D eigenvalue weighted by Gasteiger charge is -2.28. The molecule has 3 nitrogen and oxygen atoms in total. The largest absolute Gasteiger partial charge is 0.456 e. The number of para-hydroxylation sites is 2. The van der Waals surface area contributed by atoms with Crippen LogP contribution >= 0.6 is 0 Å². The van der Waals surface area contributed by atoms with Gasteiger partial charge in [0.25, 0.3) is 0 Å². The first-order valence-corrected chi connectivity index (χ1v) is 20.7. The lowest BCUT2D eigenvalue weighted by atomic mass is 9.95. The van der Waals surface area contributed by atoms with Crippen molar-refractivity contribution in [2.24, 2.45) is 0 Å². The quantitative estimate of drug-likeness (QED) is 0.161. The number of benzene rings is 10. The Morgan fingerprint density at radius 1 is 0.295 bits per heavy atom. The molecule has 2 aromatic heterocycles. The maximum Gasteiger partial charge on any atom is 0.143 e. The smallest absolute Gasteiger partial charge is 0.143 e. The molecule has 3 heteroatoms. The van der Waals surface area contributed by atoms with Crippen molar-refractivity contribution < 1.29 is 8.83 Å². The molecule has 12 aromatic rings. The molecule has 0 aliphatic heterocycles. The van der Waals surface area contributed by atoms with E-state index in [0.29, 0.717) is 0 Å². The third-order valence-electron chi connectivity index (χ3n) is 12.1. The van der Waals surface area contributed by atoms with E-state index < -0.39 is 0 Å². The first kappa shape index (κ1) is 34.9. The molecule has 0 N–H and O–H groups in total. The first-order chi connectivity index (χ1) is 30.2. The molecule has 61 heavy (non-hydrogen) atoms. The summed E-state index contributed by atoms with van der Waals surface area (Å²) >= 11 is 0. The van der Waals surface area contributed by atoms with Crippen molar-refractivity contribution in [3.8, 4) is 44.5 Å². The Balaban J connectivity index is 1.02. The molecule has 0 bridgehead atoms. The highest BCUT2D eigenvalue weighted by Crippen LogP contribution is 2.46. The summed E-state index contributed by atoms with van der Waals surface area (Å²) in [5.74, 6) is 0. The highest BCUT2D eigenvalue weighted by Gasteiger charge is 2.22. The zero-order chi connectivity index (χ0) is 40.3. The van der Waals surface area contributed by atoms with Crippen molar-refractivity contribution in [3.63, 3.8) is 0 Å². The molecule has 0 aliphatic rings. The summed E-state index contributed by atoms with van der Waals surface area (Å²) in [7, 11) is 0. The second-order valence-corrected chi connectivity index (χ2v) is 15.6. The minimum Gasteiger partial charge on any atom is -0.456 e. The maximum absolute atomic E-state index is 6.68. The summed E-state index contributed by atoms with van der Waals surface area (Å²) in [6.45, 7) is 0. The molecule has 0 saturated carbocycles. The Kier molecular flexibility index (Phi) is 8.17. The predicted molar refractivity (Wildman–Crippen MR) is 255 cm³/mol. The van der Waals surface area contributed by atoms with Gasteiger partial charge in [0.2, 0.25) is 0 Å². The van der Waals surface area contributed by atoms with Crippen molar-refractivity contribution in [1.82, 2.24) is 0 Å². The third-order valence-corrected chi connectivity index (χ3v) is 12.1. The maximum atomic E-state index is 6.68. The SMILES string of the molecule is c1ccc(-c2cccc(-c3ccc(N(c4ccc(-c5cccc6oc7ccccc7c56)cc4)c4ccccc4-c4cccc5oc6c7ccccc7ccc6c45)cc3)c2)cc1.